The molecule has 0 bridgehead atoms. The maximum atomic E-state index is 13.1. The Morgan fingerprint density at radius 1 is 1.14 bits per heavy atom. The van der Waals surface area contributed by atoms with E-state index >= 15 is 0 Å². The third-order valence-electron chi connectivity index (χ3n) is 5.01. The van der Waals surface area contributed by atoms with E-state index in [1.54, 1.807) is 11.3 Å². The first kappa shape index (κ1) is 21.5. The predicted octanol–water partition coefficient (Wildman–Crippen LogP) is 2.78. The largest absolute Gasteiger partial charge is 0.369 e. The summed E-state index contributed by atoms with van der Waals surface area (Å²) in [6, 6.07) is 6.78. The molecule has 1 fully saturated rings. The number of aliphatic imine (C=N–C) groups is 1. The van der Waals surface area contributed by atoms with Crippen molar-refractivity contribution in [3.05, 3.63) is 45.7 Å². The molecule has 0 atom stereocenters. The maximum Gasteiger partial charge on any atom is 0.191 e. The lowest BCUT2D eigenvalue weighted by molar-refractivity contribution is 0.261. The molecule has 158 valence electrons. The number of guanidine groups is 1. The van der Waals surface area contributed by atoms with Crippen molar-refractivity contribution in [2.24, 2.45) is 4.99 Å². The number of hydrogen-bond donors (Lipinski definition) is 2. The molecule has 6 nitrogen and oxygen atoms in total. The van der Waals surface area contributed by atoms with Crippen LogP contribution in [0.3, 0.4) is 0 Å². The van der Waals surface area contributed by atoms with Gasteiger partial charge in [-0.15, -0.1) is 11.3 Å². The summed E-state index contributed by atoms with van der Waals surface area (Å²) in [4.78, 5) is 15.2. The zero-order valence-electron chi connectivity index (χ0n) is 17.5. The molecule has 0 spiro atoms. The van der Waals surface area contributed by atoms with Crippen LogP contribution in [0.4, 0.5) is 10.1 Å². The van der Waals surface area contributed by atoms with Gasteiger partial charge in [0, 0.05) is 56.4 Å². The van der Waals surface area contributed by atoms with Crippen molar-refractivity contribution in [1.29, 1.82) is 0 Å². The maximum absolute atomic E-state index is 13.1. The van der Waals surface area contributed by atoms with Gasteiger partial charge in [0.2, 0.25) is 0 Å². The second-order valence-corrected chi connectivity index (χ2v) is 8.46. The number of anilines is 1. The van der Waals surface area contributed by atoms with Crippen LogP contribution in [0.1, 0.15) is 22.5 Å². The highest BCUT2D eigenvalue weighted by molar-refractivity contribution is 7.11. The lowest BCUT2D eigenvalue weighted by atomic mass is 10.2. The standard InChI is InChI=1S/C21H31FN6S/c1-4-23-21(25-15-20-16(2)26-17(3)29-20)24-9-10-27-11-13-28(14-12-27)19-7-5-18(22)6-8-19/h5-8H,4,9-15H2,1-3H3,(H2,23,24,25). The van der Waals surface area contributed by atoms with E-state index in [0.717, 1.165) is 68.2 Å². The van der Waals surface area contributed by atoms with Gasteiger partial charge in [0.1, 0.15) is 5.82 Å². The molecule has 1 aliphatic rings. The van der Waals surface area contributed by atoms with Crippen LogP contribution < -0.4 is 15.5 Å². The second kappa shape index (κ2) is 10.5. The monoisotopic (exact) mass is 418 g/mol. The SMILES string of the molecule is CCNC(=NCc1sc(C)nc1C)NCCN1CCN(c2ccc(F)cc2)CC1. The van der Waals surface area contributed by atoms with Gasteiger partial charge < -0.3 is 15.5 Å². The number of benzene rings is 1. The number of rotatable bonds is 7. The Labute approximate surface area is 176 Å². The van der Waals surface area contributed by atoms with Crippen molar-refractivity contribution < 1.29 is 4.39 Å². The Balaban J connectivity index is 1.42. The van der Waals surface area contributed by atoms with E-state index in [1.165, 1.54) is 17.0 Å². The Morgan fingerprint density at radius 2 is 1.86 bits per heavy atom. The van der Waals surface area contributed by atoms with Crippen molar-refractivity contribution in [3.63, 3.8) is 0 Å². The fourth-order valence-electron chi connectivity index (χ4n) is 3.43. The Morgan fingerprint density at radius 3 is 2.48 bits per heavy atom. The smallest absolute Gasteiger partial charge is 0.191 e. The van der Waals surface area contributed by atoms with E-state index in [0.29, 0.717) is 6.54 Å². The average molecular weight is 419 g/mol. The van der Waals surface area contributed by atoms with Gasteiger partial charge in [-0.1, -0.05) is 0 Å². The van der Waals surface area contributed by atoms with Crippen LogP contribution in [0.2, 0.25) is 0 Å². The molecule has 8 heteroatoms. The van der Waals surface area contributed by atoms with Crippen LogP contribution in [0.5, 0.6) is 0 Å². The van der Waals surface area contributed by atoms with E-state index in [1.807, 2.05) is 26.0 Å². The zero-order valence-corrected chi connectivity index (χ0v) is 18.4. The Kier molecular flexibility index (Phi) is 7.83. The summed E-state index contributed by atoms with van der Waals surface area (Å²) >= 11 is 1.71. The lowest BCUT2D eigenvalue weighted by Gasteiger charge is -2.36. The number of aryl methyl sites for hydroxylation is 2. The van der Waals surface area contributed by atoms with Crippen molar-refractivity contribution >= 4 is 23.0 Å². The Hall–Kier alpha value is -2.19. The van der Waals surface area contributed by atoms with Crippen LogP contribution >= 0.6 is 11.3 Å². The number of piperazine rings is 1. The van der Waals surface area contributed by atoms with Crippen LogP contribution in [0.25, 0.3) is 0 Å². The molecule has 0 unspecified atom stereocenters. The number of halogens is 1. The molecule has 2 aromatic rings. The van der Waals surface area contributed by atoms with Gasteiger partial charge in [0.05, 0.1) is 17.2 Å². The van der Waals surface area contributed by atoms with Crippen LogP contribution in [-0.4, -0.2) is 61.7 Å². The molecular weight excluding hydrogens is 387 g/mol. The van der Waals surface area contributed by atoms with Crippen molar-refractivity contribution in [2.75, 3.05) is 50.7 Å². The van der Waals surface area contributed by atoms with Crippen LogP contribution in [-0.2, 0) is 6.54 Å². The van der Waals surface area contributed by atoms with Gasteiger partial charge in [0.25, 0.3) is 0 Å². The van der Waals surface area contributed by atoms with Crippen molar-refractivity contribution in [1.82, 2.24) is 20.5 Å². The number of aromatic nitrogens is 1. The van der Waals surface area contributed by atoms with Crippen LogP contribution in [0, 0.1) is 19.7 Å². The van der Waals surface area contributed by atoms with Gasteiger partial charge in [0.15, 0.2) is 5.96 Å². The molecule has 0 aliphatic carbocycles. The van der Waals surface area contributed by atoms with Crippen molar-refractivity contribution in [3.8, 4) is 0 Å². The topological polar surface area (TPSA) is 55.8 Å². The predicted molar refractivity (Wildman–Crippen MR) is 119 cm³/mol. The van der Waals surface area contributed by atoms with Gasteiger partial charge in [-0.05, 0) is 45.0 Å². The van der Waals surface area contributed by atoms with Crippen molar-refractivity contribution in [2.45, 2.75) is 27.3 Å². The summed E-state index contributed by atoms with van der Waals surface area (Å²) in [5, 5.41) is 7.84. The molecule has 0 radical (unpaired) electrons. The summed E-state index contributed by atoms with van der Waals surface area (Å²) in [6.07, 6.45) is 0. The highest BCUT2D eigenvalue weighted by Crippen LogP contribution is 2.18. The average Bonchev–Trinajstić information content (AvgIpc) is 3.04. The third kappa shape index (κ3) is 6.40. The molecule has 29 heavy (non-hydrogen) atoms. The first-order valence-corrected chi connectivity index (χ1v) is 11.0. The molecule has 2 heterocycles. The van der Waals surface area contributed by atoms with Gasteiger partial charge in [-0.25, -0.2) is 14.4 Å². The van der Waals surface area contributed by atoms with E-state index in [4.69, 9.17) is 4.99 Å². The molecule has 0 amide bonds. The zero-order chi connectivity index (χ0) is 20.6. The lowest BCUT2D eigenvalue weighted by Crippen LogP contribution is -2.49. The first-order valence-electron chi connectivity index (χ1n) is 10.2. The molecule has 0 saturated carbocycles. The second-order valence-electron chi connectivity index (χ2n) is 7.17. The first-order chi connectivity index (χ1) is 14.0. The van der Waals surface area contributed by atoms with Gasteiger partial charge in [-0.2, -0.15) is 0 Å². The van der Waals surface area contributed by atoms with E-state index in [-0.39, 0.29) is 5.82 Å². The number of nitrogens with zero attached hydrogens (tertiary/aromatic N) is 4. The summed E-state index contributed by atoms with van der Waals surface area (Å²) in [5.74, 6) is 0.667. The fraction of sp³-hybridized carbons (Fsp3) is 0.524. The molecule has 1 aliphatic heterocycles. The van der Waals surface area contributed by atoms with E-state index in [2.05, 4.69) is 32.3 Å². The number of hydrogen-bond acceptors (Lipinski definition) is 5. The number of nitrogens with one attached hydrogen (secondary N) is 2. The minimum atomic E-state index is -0.183. The summed E-state index contributed by atoms with van der Waals surface area (Å²) in [7, 11) is 0. The number of thiazole rings is 1. The summed E-state index contributed by atoms with van der Waals surface area (Å²) < 4.78 is 13.1. The third-order valence-corrected chi connectivity index (χ3v) is 6.07. The molecule has 1 saturated heterocycles. The quantitative estimate of drug-likeness (QED) is 0.535. The molecule has 1 aromatic heterocycles. The minimum absolute atomic E-state index is 0.183. The highest BCUT2D eigenvalue weighted by Gasteiger charge is 2.17. The summed E-state index contributed by atoms with van der Waals surface area (Å²) in [5.41, 5.74) is 2.17. The van der Waals surface area contributed by atoms with E-state index in [9.17, 15) is 4.39 Å². The normalized spacial score (nSPS) is 15.6. The van der Waals surface area contributed by atoms with Gasteiger partial charge in [-0.3, -0.25) is 4.90 Å². The Bertz CT molecular complexity index is 796. The molecule has 1 aromatic carbocycles. The van der Waals surface area contributed by atoms with Gasteiger partial charge >= 0.3 is 0 Å². The van der Waals surface area contributed by atoms with E-state index < -0.39 is 0 Å². The molecule has 3 rings (SSSR count). The highest BCUT2D eigenvalue weighted by atomic mass is 32.1. The fourth-order valence-corrected chi connectivity index (χ4v) is 4.29. The summed E-state index contributed by atoms with van der Waals surface area (Å²) in [6.45, 7) is 13.4. The van der Waals surface area contributed by atoms with Crippen LogP contribution in [0.15, 0.2) is 29.3 Å². The minimum Gasteiger partial charge on any atom is -0.369 e. The molecule has 2 N–H and O–H groups in total. The molecular formula is C21H31FN6S.